The first-order valence-corrected chi connectivity index (χ1v) is 39.1. The van der Waals surface area contributed by atoms with Crippen LogP contribution in [-0.2, 0) is 63.9 Å². The van der Waals surface area contributed by atoms with E-state index in [1.54, 1.807) is 31.2 Å². The van der Waals surface area contributed by atoms with Crippen LogP contribution < -0.4 is 73.3 Å². The summed E-state index contributed by atoms with van der Waals surface area (Å²) in [6.07, 6.45) is -16.4. The number of nitrogens with one attached hydrogen (secondary N) is 10. The minimum Gasteiger partial charge on any atom is -0.508 e. The Kier molecular flexibility index (Phi) is 27.6. The Balaban J connectivity index is 1.03. The molecule has 0 aliphatic carbocycles. The number of hydrogen-bond acceptors (Lipinski definition) is 28. The van der Waals surface area contributed by atoms with Crippen molar-refractivity contribution in [3.63, 3.8) is 0 Å². The Bertz CT molecular complexity index is 5150. The molecule has 2 fully saturated rings. The van der Waals surface area contributed by atoms with Gasteiger partial charge in [0.25, 0.3) is 11.8 Å². The van der Waals surface area contributed by atoms with Crippen molar-refractivity contribution in [1.82, 2.24) is 53.0 Å². The SMILES string of the molecule is CN[C@H](CC(C)C)C(=O)N[C@H]1C(=O)N[C@@H](CC(N)=O)C(=O)N[C@H]2C(=O)N[C@H]3C(=O)N[C@H](C(=O)N[C@@H](C(=O)NOC)c4cc(O)cc(O)c4-c4cc3ccc4O)[C@H](O)c3ccc(c(Cl)c3)Oc3cc2cc(c3O[C@@H]2O[C@H](CO)[C@@H](O)[C@H](O)[C@H]2O[C@H]2C[C@](C)(NCc3cncc(C(=O)Nc4cc(C)cc(Cl)c4)c3)[C@H](O)[C@H](C)O2)Oc2ccc(cc2Cl)[C@H]1O. The van der Waals surface area contributed by atoms with E-state index in [1.165, 1.54) is 38.5 Å². The molecule has 0 saturated carbocycles. The van der Waals surface area contributed by atoms with Crippen LogP contribution in [0.1, 0.15) is 127 Å². The van der Waals surface area contributed by atoms with Gasteiger partial charge in [-0.3, -0.25) is 53.0 Å². The van der Waals surface area contributed by atoms with E-state index in [0.717, 1.165) is 79.4 Å². The fraction of sp³-hybridized carbons (Fsp3) is 0.383. The second kappa shape index (κ2) is 37.5. The van der Waals surface area contributed by atoms with Gasteiger partial charge in [-0.2, -0.15) is 0 Å². The van der Waals surface area contributed by atoms with Crippen LogP contribution in [0.25, 0.3) is 11.1 Å². The van der Waals surface area contributed by atoms with Crippen molar-refractivity contribution in [2.75, 3.05) is 26.1 Å². The lowest BCUT2D eigenvalue weighted by atomic mass is 9.84. The molecule has 14 rings (SSSR count). The molecule has 37 nitrogen and oxygen atoms in total. The number of hydrogen-bond donors (Lipinski definition) is 20. The third-order valence-electron chi connectivity index (χ3n) is 21.0. The van der Waals surface area contributed by atoms with Crippen molar-refractivity contribution in [3.8, 4) is 57.1 Å². The molecule has 2 saturated heterocycles. The van der Waals surface area contributed by atoms with Crippen LogP contribution in [0.2, 0.25) is 15.1 Å². The van der Waals surface area contributed by atoms with Gasteiger partial charge in [-0.1, -0.05) is 66.8 Å². The highest BCUT2D eigenvalue weighted by molar-refractivity contribution is 6.32. The van der Waals surface area contributed by atoms with Gasteiger partial charge in [-0.15, -0.1) is 0 Å². The lowest BCUT2D eigenvalue weighted by molar-refractivity contribution is -0.334. The number of hydroxylamine groups is 1. The van der Waals surface area contributed by atoms with Crippen LogP contribution in [-0.4, -0.2) is 204 Å². The molecule has 644 valence electrons. The first kappa shape index (κ1) is 89.2. The van der Waals surface area contributed by atoms with Gasteiger partial charge in [0.2, 0.25) is 53.4 Å². The molecule has 18 atom stereocenters. The Labute approximate surface area is 705 Å². The number of carbonyl (C=O) groups excluding carboxylic acids is 9. The second-order valence-electron chi connectivity index (χ2n) is 30.4. The fourth-order valence-corrected chi connectivity index (χ4v) is 15.6. The Hall–Kier alpha value is -11.1. The molecule has 0 spiro atoms. The number of nitrogens with two attached hydrogens (primary N) is 1. The number of aromatic nitrogens is 1. The molecule has 9 amide bonds. The van der Waals surface area contributed by atoms with Gasteiger partial charge in [0.05, 0.1) is 54.0 Å². The maximum atomic E-state index is 16.3. The summed E-state index contributed by atoms with van der Waals surface area (Å²) in [5.41, 5.74) is 5.76. The number of carbonyl (C=O) groups is 9. The standard InChI is InChI=1S/C81H89Cl3N12O25/c1-32(2)14-48(86-6)73(108)94-63-65(102)37-9-12-52(46(83)19-37)117-54-21-39-22-55(69(54)121-80-70(68(105)67(104)56(31-97)119-80)120-58-27-81(5,71(106)34(4)116-58)88-29-35-17-40(30-87-28-35)72(107)89-42-16-33(3)15-41(82)23-42)118-53-13-10-38(20-47(53)84)66(103)64-78(113)93-62(79(114)96-115-7)45-24-43(98)25-51(100)59(45)44-18-36(8-11-50(44)99)60(75(110)95-64)92-76(111)61(39)91-74(109)49(26-57(85)101)90-77(63)112/h8-13,15-25,28,30,32,34,48-49,56,58,60-68,70-71,80,86,88,97-100,102-106H,14,26-27,29,31H2,1-7H3,(H2,85,101)(H,89,107)(H,90,112)(H,91,109)(H,92,111)(H,93,113)(H,94,108)(H,95,110)(H,96,114)/t34-,48+,49-,56+,58-,60+,61+,62+,63+,64-,65+,66+,67+,68-,70+,71+,80-,81-/m0/s1. The maximum Gasteiger partial charge on any atom is 0.270 e. The van der Waals surface area contributed by atoms with Crippen LogP contribution in [0.3, 0.4) is 0 Å². The van der Waals surface area contributed by atoms with Crippen LogP contribution in [0.15, 0.2) is 116 Å². The summed E-state index contributed by atoms with van der Waals surface area (Å²) in [6.45, 7) is 7.57. The van der Waals surface area contributed by atoms with E-state index < -0.39 is 243 Å². The largest absolute Gasteiger partial charge is 0.508 e. The minimum absolute atomic E-state index is 0.0260. The number of halogens is 3. The summed E-state index contributed by atoms with van der Waals surface area (Å²) >= 11 is 20.6. The van der Waals surface area contributed by atoms with Gasteiger partial charge in [0, 0.05) is 58.8 Å². The summed E-state index contributed by atoms with van der Waals surface area (Å²) in [5.74, 6) is -15.8. The zero-order valence-electron chi connectivity index (χ0n) is 65.6. The van der Waals surface area contributed by atoms with E-state index in [-0.39, 0.29) is 58.3 Å². The molecule has 0 unspecified atom stereocenters. The number of aliphatic hydroxyl groups excluding tert-OH is 6. The summed E-state index contributed by atoms with van der Waals surface area (Å²) < 4.78 is 39.5. The Morgan fingerprint density at radius 1 is 0.711 bits per heavy atom. The summed E-state index contributed by atoms with van der Waals surface area (Å²) in [4.78, 5) is 142. The predicted molar refractivity (Wildman–Crippen MR) is 428 cm³/mol. The normalized spacial score (nSPS) is 26.4. The van der Waals surface area contributed by atoms with E-state index >= 15 is 24.0 Å². The molecule has 7 aliphatic rings. The van der Waals surface area contributed by atoms with Crippen molar-refractivity contribution in [3.05, 3.63) is 175 Å². The highest BCUT2D eigenvalue weighted by atomic mass is 35.5. The zero-order valence-corrected chi connectivity index (χ0v) is 67.9. The molecule has 121 heavy (non-hydrogen) atoms. The van der Waals surface area contributed by atoms with Crippen LogP contribution in [0.5, 0.6) is 46.0 Å². The van der Waals surface area contributed by atoms with E-state index in [2.05, 4.69) is 58.3 Å². The van der Waals surface area contributed by atoms with Crippen LogP contribution >= 0.6 is 34.8 Å². The van der Waals surface area contributed by atoms with Crippen LogP contribution in [0, 0.1) is 12.8 Å². The Morgan fingerprint density at radius 3 is 2.00 bits per heavy atom. The zero-order chi connectivity index (χ0) is 87.5. The average molecular weight is 1740 g/mol. The third kappa shape index (κ3) is 19.9. The molecule has 7 aliphatic heterocycles. The number of benzene rings is 6. The highest BCUT2D eigenvalue weighted by Gasteiger charge is 2.52. The molecule has 0 radical (unpaired) electrons. The van der Waals surface area contributed by atoms with Crippen molar-refractivity contribution in [2.45, 2.75) is 170 Å². The molecule has 8 heterocycles. The number of rotatable bonds is 19. The predicted octanol–water partition coefficient (Wildman–Crippen LogP) is 3.14. The van der Waals surface area contributed by atoms with Crippen LogP contribution in [0.4, 0.5) is 5.69 Å². The van der Waals surface area contributed by atoms with Crippen molar-refractivity contribution >= 4 is 93.7 Å². The molecule has 21 N–H and O–H groups in total. The minimum atomic E-state index is -2.38. The number of anilines is 1. The smallest absolute Gasteiger partial charge is 0.270 e. The van der Waals surface area contributed by atoms with E-state index in [0.29, 0.717) is 16.3 Å². The number of pyridine rings is 1. The quantitative estimate of drug-likeness (QED) is 0.0517. The first-order chi connectivity index (χ1) is 57.4. The monoisotopic (exact) mass is 1730 g/mol. The van der Waals surface area contributed by atoms with E-state index in [9.17, 15) is 65.1 Å². The average Bonchev–Trinajstić information content (AvgIpc) is 0.762. The summed E-state index contributed by atoms with van der Waals surface area (Å²) in [6, 6.07) is 6.35. The number of aliphatic hydroxyl groups is 6. The number of primary amides is 1. The van der Waals surface area contributed by atoms with Gasteiger partial charge in [-0.05, 0) is 158 Å². The number of aromatic hydroxyl groups is 3. The first-order valence-electron chi connectivity index (χ1n) is 38.0. The van der Waals surface area contributed by atoms with E-state index in [4.69, 9.17) is 73.8 Å². The van der Waals surface area contributed by atoms with Gasteiger partial charge in [0.15, 0.2) is 23.9 Å². The molecular weight excluding hydrogens is 1650 g/mol. The van der Waals surface area contributed by atoms with E-state index in [1.807, 2.05) is 20.8 Å². The number of aryl methyl sites for hydroxylation is 1. The molecule has 7 aromatic rings. The summed E-state index contributed by atoms with van der Waals surface area (Å²) in [7, 11) is 2.51. The number of phenolic OH excluding ortho intramolecular Hbond substituents is 3. The number of amides is 9. The van der Waals surface area contributed by atoms with Crippen molar-refractivity contribution in [2.24, 2.45) is 11.7 Å². The highest BCUT2D eigenvalue weighted by Crippen LogP contribution is 2.50. The topological polar surface area (TPSA) is 560 Å². The molecular formula is C81H89Cl3N12O25. The molecule has 40 heteroatoms. The van der Waals surface area contributed by atoms with Gasteiger partial charge in [-0.25, -0.2) is 5.48 Å². The van der Waals surface area contributed by atoms with Gasteiger partial charge < -0.3 is 128 Å². The molecule has 1 aromatic heterocycles. The van der Waals surface area contributed by atoms with Gasteiger partial charge >= 0.3 is 0 Å². The lowest BCUT2D eigenvalue weighted by Gasteiger charge is -2.48. The number of ether oxygens (including phenoxy) is 6. The number of phenols is 3. The molecule has 6 aromatic carbocycles. The summed E-state index contributed by atoms with van der Waals surface area (Å²) in [5, 5.41) is 130. The van der Waals surface area contributed by atoms with Crippen molar-refractivity contribution in [1.29, 1.82) is 0 Å². The number of likely N-dealkylation sites (N-methyl/N-ethyl adjacent to an activating group) is 1. The third-order valence-corrected chi connectivity index (χ3v) is 21.8. The Morgan fingerprint density at radius 2 is 1.36 bits per heavy atom. The lowest BCUT2D eigenvalue weighted by Crippen LogP contribution is -2.65. The van der Waals surface area contributed by atoms with Gasteiger partial charge in [0.1, 0.15) is 95.5 Å². The maximum absolute atomic E-state index is 16.3. The number of nitrogens with zero attached hydrogens (tertiary/aromatic N) is 1. The molecule has 11 bridgehead atoms. The number of fused-ring (bicyclic) bond motifs is 15. The second-order valence-corrected chi connectivity index (χ2v) is 31.6. The van der Waals surface area contributed by atoms with Crippen molar-refractivity contribution < 1.29 is 122 Å². The fourth-order valence-electron chi connectivity index (χ4n) is 14.8.